The van der Waals surface area contributed by atoms with E-state index in [9.17, 15) is 15.2 Å². The third-order valence-corrected chi connectivity index (χ3v) is 7.16. The molecule has 1 fully saturated rings. The molecule has 2 atom stereocenters. The second-order valence-electron chi connectivity index (χ2n) is 8.92. The van der Waals surface area contributed by atoms with Gasteiger partial charge in [-0.3, -0.25) is 4.79 Å². The van der Waals surface area contributed by atoms with Gasteiger partial charge in [-0.2, -0.15) is 5.26 Å². The van der Waals surface area contributed by atoms with E-state index in [4.69, 9.17) is 11.6 Å². The molecule has 4 nitrogen and oxygen atoms in total. The molecule has 1 unspecified atom stereocenters. The molecule has 0 heterocycles. The first-order chi connectivity index (χ1) is 15.9. The van der Waals surface area contributed by atoms with Gasteiger partial charge in [0.15, 0.2) is 0 Å². The molecule has 3 aromatic carbocycles. The van der Waals surface area contributed by atoms with Crippen LogP contribution in [-0.4, -0.2) is 17.1 Å². The highest BCUT2D eigenvalue weighted by molar-refractivity contribution is 6.30. The highest BCUT2D eigenvalue weighted by Crippen LogP contribution is 2.44. The predicted molar refractivity (Wildman–Crippen MR) is 130 cm³/mol. The van der Waals surface area contributed by atoms with Crippen LogP contribution in [0, 0.1) is 11.3 Å². The number of aliphatic hydroxyl groups is 1. The Balaban J connectivity index is 1.67. The third kappa shape index (κ3) is 4.53. The molecular formula is C28H27ClN2O2. The Kier molecular flexibility index (Phi) is 6.56. The molecule has 0 radical (unpaired) electrons. The van der Waals surface area contributed by atoms with Crippen LogP contribution in [0.15, 0.2) is 78.9 Å². The number of hydrogen-bond acceptors (Lipinski definition) is 3. The van der Waals surface area contributed by atoms with E-state index in [1.54, 1.807) is 36.4 Å². The van der Waals surface area contributed by atoms with Gasteiger partial charge >= 0.3 is 0 Å². The third-order valence-electron chi connectivity index (χ3n) is 6.91. The van der Waals surface area contributed by atoms with E-state index in [2.05, 4.69) is 11.4 Å². The largest absolute Gasteiger partial charge is 0.383 e. The van der Waals surface area contributed by atoms with Crippen molar-refractivity contribution in [2.75, 3.05) is 0 Å². The first-order valence-electron chi connectivity index (χ1n) is 11.2. The van der Waals surface area contributed by atoms with E-state index in [0.29, 0.717) is 16.1 Å². The molecule has 1 amide bonds. The first kappa shape index (κ1) is 23.0. The predicted octanol–water partition coefficient (Wildman–Crippen LogP) is 5.27. The van der Waals surface area contributed by atoms with E-state index in [-0.39, 0.29) is 12.3 Å². The molecule has 3 aromatic rings. The van der Waals surface area contributed by atoms with E-state index in [1.807, 2.05) is 49.4 Å². The van der Waals surface area contributed by atoms with Crippen molar-refractivity contribution < 1.29 is 9.90 Å². The summed E-state index contributed by atoms with van der Waals surface area (Å²) in [5, 5.41) is 25.1. The van der Waals surface area contributed by atoms with Crippen LogP contribution in [0.1, 0.15) is 48.4 Å². The lowest BCUT2D eigenvalue weighted by Crippen LogP contribution is -2.57. The number of nitrogens with zero attached hydrogens (tertiary/aromatic N) is 1. The Morgan fingerprint density at radius 1 is 1.12 bits per heavy atom. The average Bonchev–Trinajstić information content (AvgIpc) is 2.80. The second-order valence-corrected chi connectivity index (χ2v) is 9.35. The number of hydrogen-bond donors (Lipinski definition) is 2. The van der Waals surface area contributed by atoms with Crippen LogP contribution >= 0.6 is 11.6 Å². The van der Waals surface area contributed by atoms with Gasteiger partial charge in [-0.25, -0.2) is 0 Å². The fourth-order valence-corrected chi connectivity index (χ4v) is 4.79. The van der Waals surface area contributed by atoms with Gasteiger partial charge in [0.1, 0.15) is 5.60 Å². The number of nitrogens with one attached hydrogen (secondary N) is 1. The Bertz CT molecular complexity index is 1170. The molecule has 0 saturated heterocycles. The van der Waals surface area contributed by atoms with Crippen LogP contribution in [0.5, 0.6) is 0 Å². The van der Waals surface area contributed by atoms with E-state index >= 15 is 0 Å². The molecule has 0 aromatic heterocycles. The van der Waals surface area contributed by atoms with Gasteiger partial charge < -0.3 is 10.4 Å². The van der Waals surface area contributed by atoms with Gasteiger partial charge in [0.2, 0.25) is 5.91 Å². The van der Waals surface area contributed by atoms with Crippen LogP contribution in [-0.2, 0) is 22.2 Å². The number of carbonyl (C=O) groups is 1. The molecule has 1 aliphatic rings. The summed E-state index contributed by atoms with van der Waals surface area (Å²) in [5.41, 5.74) is 0.954. The zero-order valence-corrected chi connectivity index (χ0v) is 19.3. The van der Waals surface area contributed by atoms with Gasteiger partial charge in [0.25, 0.3) is 0 Å². The number of rotatable bonds is 7. The maximum atomic E-state index is 13.6. The Hall–Kier alpha value is -3.13. The maximum Gasteiger partial charge on any atom is 0.230 e. The van der Waals surface area contributed by atoms with Crippen LogP contribution in [0.4, 0.5) is 0 Å². The summed E-state index contributed by atoms with van der Waals surface area (Å²) in [6, 6.07) is 25.6. The van der Waals surface area contributed by atoms with Crippen LogP contribution < -0.4 is 5.32 Å². The van der Waals surface area contributed by atoms with Crippen molar-refractivity contribution in [1.82, 2.24) is 5.32 Å². The molecule has 1 saturated carbocycles. The summed E-state index contributed by atoms with van der Waals surface area (Å²) in [4.78, 5) is 13.6. The van der Waals surface area contributed by atoms with Crippen molar-refractivity contribution in [2.45, 2.75) is 49.7 Å². The summed E-state index contributed by atoms with van der Waals surface area (Å²) in [5.74, 6) is -0.0709. The second kappa shape index (κ2) is 9.39. The number of carbonyl (C=O) groups excluding carboxylic acids is 1. The van der Waals surface area contributed by atoms with Gasteiger partial charge in [0, 0.05) is 11.4 Å². The summed E-state index contributed by atoms with van der Waals surface area (Å²) in [6.07, 6.45) is 2.83. The molecule has 5 heteroatoms. The quantitative estimate of drug-likeness (QED) is 0.506. The summed E-state index contributed by atoms with van der Waals surface area (Å²) < 4.78 is 0. The van der Waals surface area contributed by atoms with Crippen molar-refractivity contribution in [3.05, 3.63) is 106 Å². The summed E-state index contributed by atoms with van der Waals surface area (Å²) >= 11 is 6.05. The van der Waals surface area contributed by atoms with E-state index in [0.717, 1.165) is 30.4 Å². The number of nitriles is 1. The number of amides is 1. The fraction of sp³-hybridized carbons (Fsp3) is 0.286. The van der Waals surface area contributed by atoms with Gasteiger partial charge in [-0.1, -0.05) is 72.6 Å². The number of halogens is 1. The zero-order valence-electron chi connectivity index (χ0n) is 18.6. The molecular weight excluding hydrogens is 432 g/mol. The summed E-state index contributed by atoms with van der Waals surface area (Å²) in [7, 11) is 0. The van der Waals surface area contributed by atoms with Gasteiger partial charge in [-0.15, -0.1) is 0 Å². The topological polar surface area (TPSA) is 73.1 Å². The Morgan fingerprint density at radius 3 is 2.42 bits per heavy atom. The molecule has 33 heavy (non-hydrogen) atoms. The minimum Gasteiger partial charge on any atom is -0.383 e. The van der Waals surface area contributed by atoms with Gasteiger partial charge in [0.05, 0.1) is 23.1 Å². The van der Waals surface area contributed by atoms with Crippen LogP contribution in [0.25, 0.3) is 0 Å². The SMILES string of the molecule is C[C@H](NC(=O)C1(c2ccccc2)CCC1)C(O)(Cc1ccc(Cl)cc1)c1cccc(C#N)c1. The highest BCUT2D eigenvalue weighted by Gasteiger charge is 2.47. The van der Waals surface area contributed by atoms with Crippen molar-refractivity contribution in [2.24, 2.45) is 0 Å². The normalized spacial score (nSPS) is 17.2. The van der Waals surface area contributed by atoms with Crippen LogP contribution in [0.2, 0.25) is 5.02 Å². The standard InChI is InChI=1S/C28H27ClN2O2/c1-20(31-26(32)27(15-6-16-27)23-8-3-2-4-9-23)28(33,18-21-11-13-25(29)14-12-21)24-10-5-7-22(17-24)19-30/h2-5,7-14,17,20,33H,6,15-16,18H2,1H3,(H,31,32)/t20-,28?/m0/s1. The molecule has 0 bridgehead atoms. The average molecular weight is 459 g/mol. The maximum absolute atomic E-state index is 13.6. The lowest BCUT2D eigenvalue weighted by Gasteiger charge is -2.43. The van der Waals surface area contributed by atoms with Crippen molar-refractivity contribution in [1.29, 1.82) is 5.26 Å². The minimum absolute atomic E-state index is 0.0709. The minimum atomic E-state index is -1.42. The molecule has 168 valence electrons. The van der Waals surface area contributed by atoms with E-state index in [1.165, 1.54) is 0 Å². The van der Waals surface area contributed by atoms with Crippen molar-refractivity contribution >= 4 is 17.5 Å². The molecule has 0 spiro atoms. The van der Waals surface area contributed by atoms with Crippen LogP contribution in [0.3, 0.4) is 0 Å². The lowest BCUT2D eigenvalue weighted by atomic mass is 9.63. The lowest BCUT2D eigenvalue weighted by molar-refractivity contribution is -0.133. The van der Waals surface area contributed by atoms with E-state index < -0.39 is 17.1 Å². The monoisotopic (exact) mass is 458 g/mol. The summed E-state index contributed by atoms with van der Waals surface area (Å²) in [6.45, 7) is 1.82. The van der Waals surface area contributed by atoms with Crippen molar-refractivity contribution in [3.8, 4) is 6.07 Å². The molecule has 1 aliphatic carbocycles. The Labute approximate surface area is 199 Å². The molecule has 4 rings (SSSR count). The van der Waals surface area contributed by atoms with Crippen molar-refractivity contribution in [3.63, 3.8) is 0 Å². The molecule has 2 N–H and O–H groups in total. The zero-order chi connectivity index (χ0) is 23.5. The van der Waals surface area contributed by atoms with Gasteiger partial charge in [-0.05, 0) is 60.7 Å². The fourth-order valence-electron chi connectivity index (χ4n) is 4.67. The number of benzene rings is 3. The Morgan fingerprint density at radius 2 is 1.82 bits per heavy atom. The highest BCUT2D eigenvalue weighted by atomic mass is 35.5. The smallest absolute Gasteiger partial charge is 0.230 e. The first-order valence-corrected chi connectivity index (χ1v) is 11.6. The molecule has 0 aliphatic heterocycles.